The minimum Gasteiger partial charge on any atom is -0.369 e. The largest absolute Gasteiger partial charge is 0.369 e. The number of hydrogen-bond acceptors (Lipinski definition) is 3. The van der Waals surface area contributed by atoms with Crippen LogP contribution >= 0.6 is 0 Å². The molecule has 1 aromatic carbocycles. The summed E-state index contributed by atoms with van der Waals surface area (Å²) in [5.41, 5.74) is 7.94. The van der Waals surface area contributed by atoms with E-state index in [1.807, 2.05) is 36.0 Å². The molecule has 0 radical (unpaired) electrons. The summed E-state index contributed by atoms with van der Waals surface area (Å²) < 4.78 is 2.01. The summed E-state index contributed by atoms with van der Waals surface area (Å²) in [5.74, 6) is -0.158. The highest BCUT2D eigenvalue weighted by Crippen LogP contribution is 2.33. The average Bonchev–Trinajstić information content (AvgIpc) is 3.08. The lowest BCUT2D eigenvalue weighted by Gasteiger charge is -2.16. The predicted molar refractivity (Wildman–Crippen MR) is 80.4 cm³/mol. The average molecular weight is 284 g/mol. The normalized spacial score (nSPS) is 22.5. The summed E-state index contributed by atoms with van der Waals surface area (Å²) >= 11 is 0. The number of aryl methyl sites for hydroxylation is 1. The highest BCUT2D eigenvalue weighted by atomic mass is 16.1. The van der Waals surface area contributed by atoms with E-state index in [2.05, 4.69) is 22.0 Å². The third-order valence-electron chi connectivity index (χ3n) is 4.29. The lowest BCUT2D eigenvalue weighted by atomic mass is 9.89. The highest BCUT2D eigenvalue weighted by Gasteiger charge is 2.37. The van der Waals surface area contributed by atoms with Crippen LogP contribution in [-0.4, -0.2) is 33.4 Å². The van der Waals surface area contributed by atoms with Gasteiger partial charge in [-0.3, -0.25) is 9.69 Å². The standard InChI is InChI=1S/C16H20N4O/c1-19-11-18-7-13(19)8-20-9-14(15(10-20)16(17)21)12-5-3-2-4-6-12/h2-7,11,14-15H,8-10H2,1H3,(H2,17,21)/t14-,15+/m1/s1. The zero-order chi connectivity index (χ0) is 14.8. The van der Waals surface area contributed by atoms with E-state index in [1.54, 1.807) is 6.33 Å². The molecular formula is C16H20N4O. The molecule has 2 aromatic rings. The van der Waals surface area contributed by atoms with Gasteiger partial charge in [0.2, 0.25) is 5.91 Å². The monoisotopic (exact) mass is 284 g/mol. The van der Waals surface area contributed by atoms with E-state index < -0.39 is 0 Å². The number of hydrogen-bond donors (Lipinski definition) is 1. The Balaban J connectivity index is 1.78. The van der Waals surface area contributed by atoms with Gasteiger partial charge in [0, 0.05) is 38.8 Å². The van der Waals surface area contributed by atoms with Crippen LogP contribution in [0.15, 0.2) is 42.9 Å². The van der Waals surface area contributed by atoms with Gasteiger partial charge in [-0.05, 0) is 5.56 Å². The van der Waals surface area contributed by atoms with Crippen LogP contribution in [0.2, 0.25) is 0 Å². The fraction of sp³-hybridized carbons (Fsp3) is 0.375. The predicted octanol–water partition coefficient (Wildman–Crippen LogP) is 1.12. The number of carbonyl (C=O) groups excluding carboxylic acids is 1. The van der Waals surface area contributed by atoms with E-state index in [-0.39, 0.29) is 17.7 Å². The van der Waals surface area contributed by atoms with E-state index in [1.165, 1.54) is 5.56 Å². The molecule has 2 heterocycles. The van der Waals surface area contributed by atoms with Crippen LogP contribution in [0.3, 0.4) is 0 Å². The van der Waals surface area contributed by atoms with Crippen molar-refractivity contribution in [3.63, 3.8) is 0 Å². The van der Waals surface area contributed by atoms with E-state index in [4.69, 9.17) is 5.73 Å². The summed E-state index contributed by atoms with van der Waals surface area (Å²) in [6, 6.07) is 10.2. The Hall–Kier alpha value is -2.14. The molecule has 0 bridgehead atoms. The summed E-state index contributed by atoms with van der Waals surface area (Å²) in [6.07, 6.45) is 3.67. The molecule has 1 amide bonds. The lowest BCUT2D eigenvalue weighted by Crippen LogP contribution is -2.29. The summed E-state index contributed by atoms with van der Waals surface area (Å²) in [6.45, 7) is 2.35. The first-order chi connectivity index (χ1) is 10.1. The molecule has 1 aromatic heterocycles. The molecule has 5 nitrogen and oxygen atoms in total. The second-order valence-corrected chi connectivity index (χ2v) is 5.72. The molecule has 0 unspecified atom stereocenters. The van der Waals surface area contributed by atoms with Crippen molar-refractivity contribution in [2.45, 2.75) is 12.5 Å². The Bertz CT molecular complexity index is 622. The first kappa shape index (κ1) is 13.8. The number of imidazole rings is 1. The zero-order valence-electron chi connectivity index (χ0n) is 12.1. The minimum absolute atomic E-state index is 0.124. The molecular weight excluding hydrogens is 264 g/mol. The lowest BCUT2D eigenvalue weighted by molar-refractivity contribution is -0.121. The Morgan fingerprint density at radius 1 is 1.33 bits per heavy atom. The Kier molecular flexibility index (Phi) is 3.75. The van der Waals surface area contributed by atoms with E-state index in [0.29, 0.717) is 6.54 Å². The number of likely N-dealkylation sites (tertiary alicyclic amines) is 1. The quantitative estimate of drug-likeness (QED) is 0.915. The summed E-state index contributed by atoms with van der Waals surface area (Å²) in [4.78, 5) is 18.2. The van der Waals surface area contributed by atoms with Crippen molar-refractivity contribution in [2.75, 3.05) is 13.1 Å². The van der Waals surface area contributed by atoms with Crippen molar-refractivity contribution >= 4 is 5.91 Å². The molecule has 0 aliphatic carbocycles. The SMILES string of the molecule is Cn1cncc1CN1C[C@H](C(N)=O)[C@@H](c2ccccc2)C1. The number of benzene rings is 1. The molecule has 110 valence electrons. The number of carbonyl (C=O) groups is 1. The number of nitrogens with two attached hydrogens (primary N) is 1. The first-order valence-electron chi connectivity index (χ1n) is 7.17. The van der Waals surface area contributed by atoms with Gasteiger partial charge in [-0.2, -0.15) is 0 Å². The number of amides is 1. The summed E-state index contributed by atoms with van der Waals surface area (Å²) in [5, 5.41) is 0. The Morgan fingerprint density at radius 3 is 2.71 bits per heavy atom. The minimum atomic E-state index is -0.212. The van der Waals surface area contributed by atoms with Gasteiger partial charge in [-0.25, -0.2) is 4.98 Å². The smallest absolute Gasteiger partial charge is 0.222 e. The van der Waals surface area contributed by atoms with Gasteiger partial charge in [0.15, 0.2) is 0 Å². The first-order valence-corrected chi connectivity index (χ1v) is 7.17. The molecule has 0 saturated carbocycles. The van der Waals surface area contributed by atoms with Crippen LogP contribution < -0.4 is 5.73 Å². The molecule has 3 rings (SSSR count). The second-order valence-electron chi connectivity index (χ2n) is 5.72. The van der Waals surface area contributed by atoms with Gasteiger partial charge in [0.1, 0.15) is 0 Å². The molecule has 2 N–H and O–H groups in total. The van der Waals surface area contributed by atoms with Crippen LogP contribution in [0.4, 0.5) is 0 Å². The molecule has 2 atom stereocenters. The van der Waals surface area contributed by atoms with Crippen LogP contribution in [0, 0.1) is 5.92 Å². The summed E-state index contributed by atoms with van der Waals surface area (Å²) in [7, 11) is 1.98. The van der Waals surface area contributed by atoms with Gasteiger partial charge in [0.25, 0.3) is 0 Å². The number of rotatable bonds is 4. The molecule has 1 saturated heterocycles. The number of aromatic nitrogens is 2. The fourth-order valence-corrected chi connectivity index (χ4v) is 3.11. The third kappa shape index (κ3) is 2.83. The van der Waals surface area contributed by atoms with Crippen molar-refractivity contribution in [3.05, 3.63) is 54.1 Å². The maximum atomic E-state index is 11.8. The fourth-order valence-electron chi connectivity index (χ4n) is 3.11. The number of nitrogens with zero attached hydrogens (tertiary/aromatic N) is 3. The molecule has 5 heteroatoms. The maximum Gasteiger partial charge on any atom is 0.222 e. The number of primary amides is 1. The molecule has 0 spiro atoms. The van der Waals surface area contributed by atoms with Crippen LogP contribution in [-0.2, 0) is 18.4 Å². The van der Waals surface area contributed by atoms with Gasteiger partial charge in [-0.15, -0.1) is 0 Å². The van der Waals surface area contributed by atoms with E-state index in [9.17, 15) is 4.79 Å². The van der Waals surface area contributed by atoms with Gasteiger partial charge in [-0.1, -0.05) is 30.3 Å². The van der Waals surface area contributed by atoms with E-state index in [0.717, 1.165) is 18.8 Å². The van der Waals surface area contributed by atoms with Crippen LogP contribution in [0.1, 0.15) is 17.2 Å². The Morgan fingerprint density at radius 2 is 2.10 bits per heavy atom. The van der Waals surface area contributed by atoms with Crippen molar-refractivity contribution in [1.29, 1.82) is 0 Å². The van der Waals surface area contributed by atoms with Gasteiger partial charge >= 0.3 is 0 Å². The molecule has 1 fully saturated rings. The topological polar surface area (TPSA) is 64.2 Å². The van der Waals surface area contributed by atoms with Crippen molar-refractivity contribution in [1.82, 2.24) is 14.5 Å². The molecule has 1 aliphatic heterocycles. The second kappa shape index (κ2) is 5.69. The van der Waals surface area contributed by atoms with Crippen LogP contribution in [0.25, 0.3) is 0 Å². The van der Waals surface area contributed by atoms with Crippen molar-refractivity contribution in [2.24, 2.45) is 18.7 Å². The van der Waals surface area contributed by atoms with Gasteiger partial charge in [0.05, 0.1) is 17.9 Å². The third-order valence-corrected chi connectivity index (χ3v) is 4.29. The van der Waals surface area contributed by atoms with Crippen molar-refractivity contribution < 1.29 is 4.79 Å². The van der Waals surface area contributed by atoms with Crippen molar-refractivity contribution in [3.8, 4) is 0 Å². The molecule has 1 aliphatic rings. The highest BCUT2D eigenvalue weighted by molar-refractivity contribution is 5.78. The Labute approximate surface area is 124 Å². The maximum absolute atomic E-state index is 11.8. The zero-order valence-corrected chi connectivity index (χ0v) is 12.1. The molecule has 21 heavy (non-hydrogen) atoms. The van der Waals surface area contributed by atoms with Crippen LogP contribution in [0.5, 0.6) is 0 Å². The van der Waals surface area contributed by atoms with Gasteiger partial charge < -0.3 is 10.3 Å². The van der Waals surface area contributed by atoms with E-state index >= 15 is 0 Å².